The van der Waals surface area contributed by atoms with Crippen molar-refractivity contribution < 1.29 is 14.9 Å². The van der Waals surface area contributed by atoms with Gasteiger partial charge in [0, 0.05) is 23.6 Å². The first-order valence-electron chi connectivity index (χ1n) is 7.35. The van der Waals surface area contributed by atoms with Crippen LogP contribution in [0.2, 0.25) is 0 Å². The summed E-state index contributed by atoms with van der Waals surface area (Å²) in [5, 5.41) is 19.2. The average Bonchev–Trinajstić information content (AvgIpc) is 2.56. The second kappa shape index (κ2) is 9.38. The standard InChI is InChI=1S/C18H20N2O3/c21-17-7-3-1-5-15(17)13-19-9-11-23-12-10-20-14-16-6-2-4-8-18(16)22/h1-10,21-22H,11-14H2. The molecule has 2 aromatic rings. The lowest BCUT2D eigenvalue weighted by molar-refractivity contribution is 0.220. The van der Waals surface area contributed by atoms with E-state index < -0.39 is 0 Å². The molecule has 0 spiro atoms. The minimum Gasteiger partial charge on any atom is -0.508 e. The fourth-order valence-electron chi connectivity index (χ4n) is 1.89. The van der Waals surface area contributed by atoms with E-state index in [4.69, 9.17) is 4.74 Å². The highest BCUT2D eigenvalue weighted by molar-refractivity contribution is 5.61. The molecule has 0 aliphatic rings. The molecule has 2 rings (SSSR count). The molecule has 2 aromatic carbocycles. The summed E-state index contributed by atoms with van der Waals surface area (Å²) < 4.78 is 5.35. The summed E-state index contributed by atoms with van der Waals surface area (Å²) in [6.07, 6.45) is 3.34. The number of benzene rings is 2. The first-order valence-corrected chi connectivity index (χ1v) is 7.35. The Balaban J connectivity index is 1.60. The van der Waals surface area contributed by atoms with Gasteiger partial charge in [-0.1, -0.05) is 36.4 Å². The molecule has 0 bridgehead atoms. The predicted octanol–water partition coefficient (Wildman–Crippen LogP) is 2.96. The zero-order chi connectivity index (χ0) is 16.3. The Morgan fingerprint density at radius 2 is 1.17 bits per heavy atom. The summed E-state index contributed by atoms with van der Waals surface area (Å²) in [6, 6.07) is 14.2. The molecule has 23 heavy (non-hydrogen) atoms. The summed E-state index contributed by atoms with van der Waals surface area (Å²) in [6.45, 7) is 1.63. The van der Waals surface area contributed by atoms with Gasteiger partial charge in [-0.05, 0) is 12.1 Å². The number of aromatic hydroxyl groups is 2. The molecule has 2 N–H and O–H groups in total. The molecule has 0 saturated heterocycles. The lowest BCUT2D eigenvalue weighted by Gasteiger charge is -2.00. The predicted molar refractivity (Wildman–Crippen MR) is 91.4 cm³/mol. The summed E-state index contributed by atoms with van der Waals surface area (Å²) in [5.74, 6) is 0.503. The van der Waals surface area contributed by atoms with Crippen molar-refractivity contribution in [2.24, 2.45) is 9.98 Å². The highest BCUT2D eigenvalue weighted by Crippen LogP contribution is 2.16. The number of hydrogen-bond donors (Lipinski definition) is 2. The van der Waals surface area contributed by atoms with Gasteiger partial charge in [0.15, 0.2) is 0 Å². The van der Waals surface area contributed by atoms with Crippen molar-refractivity contribution in [2.45, 2.75) is 13.1 Å². The number of phenolic OH excluding ortho intramolecular Hbond substituents is 2. The van der Waals surface area contributed by atoms with Crippen LogP contribution in [0.1, 0.15) is 11.1 Å². The minimum absolute atomic E-state index is 0.252. The third-order valence-corrected chi connectivity index (χ3v) is 3.15. The number of nitrogens with zero attached hydrogens (tertiary/aromatic N) is 2. The van der Waals surface area contributed by atoms with Crippen LogP contribution in [0.25, 0.3) is 0 Å². The molecular weight excluding hydrogens is 292 g/mol. The van der Waals surface area contributed by atoms with Gasteiger partial charge in [-0.2, -0.15) is 0 Å². The van der Waals surface area contributed by atoms with E-state index in [1.807, 2.05) is 24.3 Å². The second-order valence-electron chi connectivity index (χ2n) is 4.84. The van der Waals surface area contributed by atoms with E-state index in [0.29, 0.717) is 26.3 Å². The molecule has 0 aliphatic carbocycles. The molecule has 0 aromatic heterocycles. The van der Waals surface area contributed by atoms with Gasteiger partial charge >= 0.3 is 0 Å². The minimum atomic E-state index is 0.252. The molecular formula is C18H20N2O3. The quantitative estimate of drug-likeness (QED) is 0.581. The van der Waals surface area contributed by atoms with E-state index in [9.17, 15) is 10.2 Å². The average molecular weight is 312 g/mol. The maximum absolute atomic E-state index is 9.58. The van der Waals surface area contributed by atoms with E-state index in [0.717, 1.165) is 11.1 Å². The number of rotatable bonds is 8. The third kappa shape index (κ3) is 5.92. The number of para-hydroxylation sites is 2. The van der Waals surface area contributed by atoms with Gasteiger partial charge in [-0.15, -0.1) is 0 Å². The van der Waals surface area contributed by atoms with Gasteiger partial charge in [0.25, 0.3) is 0 Å². The molecule has 5 nitrogen and oxygen atoms in total. The summed E-state index contributed by atoms with van der Waals surface area (Å²) in [4.78, 5) is 8.38. The van der Waals surface area contributed by atoms with Crippen molar-refractivity contribution in [3.63, 3.8) is 0 Å². The van der Waals surface area contributed by atoms with Gasteiger partial charge in [-0.3, -0.25) is 9.98 Å². The van der Waals surface area contributed by atoms with Crippen LogP contribution in [0.5, 0.6) is 11.5 Å². The first kappa shape index (κ1) is 16.7. The maximum atomic E-state index is 9.58. The van der Waals surface area contributed by atoms with Gasteiger partial charge in [0.2, 0.25) is 0 Å². The van der Waals surface area contributed by atoms with Crippen LogP contribution >= 0.6 is 0 Å². The Hall–Kier alpha value is -2.66. The topological polar surface area (TPSA) is 74.4 Å². The van der Waals surface area contributed by atoms with Gasteiger partial charge in [-0.25, -0.2) is 0 Å². The molecule has 0 radical (unpaired) electrons. The monoisotopic (exact) mass is 312 g/mol. The summed E-state index contributed by atoms with van der Waals surface area (Å²) >= 11 is 0. The van der Waals surface area contributed by atoms with Crippen molar-refractivity contribution in [3.8, 4) is 11.5 Å². The number of ether oxygens (including phenoxy) is 1. The van der Waals surface area contributed by atoms with Crippen LogP contribution in [0.3, 0.4) is 0 Å². The molecule has 0 saturated carbocycles. The van der Waals surface area contributed by atoms with Gasteiger partial charge in [0.1, 0.15) is 11.5 Å². The number of aliphatic imine (C=N–C) groups is 2. The summed E-state index contributed by atoms with van der Waals surface area (Å²) in [5.41, 5.74) is 1.57. The van der Waals surface area contributed by atoms with Crippen molar-refractivity contribution in [2.75, 3.05) is 13.2 Å². The van der Waals surface area contributed by atoms with Crippen molar-refractivity contribution in [1.29, 1.82) is 0 Å². The van der Waals surface area contributed by atoms with E-state index >= 15 is 0 Å². The lowest BCUT2D eigenvalue weighted by Crippen LogP contribution is -1.99. The highest BCUT2D eigenvalue weighted by Gasteiger charge is 1.97. The summed E-state index contributed by atoms with van der Waals surface area (Å²) in [7, 11) is 0. The third-order valence-electron chi connectivity index (χ3n) is 3.15. The fraction of sp³-hybridized carbons (Fsp3) is 0.222. The normalized spacial score (nSPS) is 11.5. The van der Waals surface area contributed by atoms with Crippen LogP contribution < -0.4 is 0 Å². The van der Waals surface area contributed by atoms with Crippen LogP contribution in [0.15, 0.2) is 58.5 Å². The molecule has 0 atom stereocenters. The van der Waals surface area contributed by atoms with Crippen molar-refractivity contribution in [3.05, 3.63) is 59.7 Å². The largest absolute Gasteiger partial charge is 0.508 e. The van der Waals surface area contributed by atoms with E-state index in [1.54, 1.807) is 36.7 Å². The highest BCUT2D eigenvalue weighted by atomic mass is 16.5. The van der Waals surface area contributed by atoms with Crippen molar-refractivity contribution >= 4 is 12.4 Å². The van der Waals surface area contributed by atoms with E-state index in [2.05, 4.69) is 9.98 Å². The van der Waals surface area contributed by atoms with Crippen LogP contribution in [-0.4, -0.2) is 35.9 Å². The first-order chi connectivity index (χ1) is 11.3. The van der Waals surface area contributed by atoms with Gasteiger partial charge < -0.3 is 14.9 Å². The van der Waals surface area contributed by atoms with Crippen LogP contribution in [0.4, 0.5) is 0 Å². The molecule has 120 valence electrons. The molecule has 0 unspecified atom stereocenters. The van der Waals surface area contributed by atoms with Crippen LogP contribution in [-0.2, 0) is 17.8 Å². The lowest BCUT2D eigenvalue weighted by atomic mass is 10.2. The SMILES string of the molecule is Oc1ccccc1CN=CCOCC=NCc1ccccc1O. The van der Waals surface area contributed by atoms with E-state index in [1.165, 1.54) is 0 Å². The fourth-order valence-corrected chi connectivity index (χ4v) is 1.89. The smallest absolute Gasteiger partial charge is 0.120 e. The van der Waals surface area contributed by atoms with Crippen molar-refractivity contribution in [1.82, 2.24) is 0 Å². The molecule has 0 fully saturated rings. The Labute approximate surface area is 135 Å². The van der Waals surface area contributed by atoms with Gasteiger partial charge in [0.05, 0.1) is 26.3 Å². The second-order valence-corrected chi connectivity index (χ2v) is 4.84. The number of hydrogen-bond acceptors (Lipinski definition) is 5. The molecule has 0 heterocycles. The Morgan fingerprint density at radius 3 is 1.61 bits per heavy atom. The Kier molecular flexibility index (Phi) is 6.81. The molecule has 5 heteroatoms. The van der Waals surface area contributed by atoms with Crippen LogP contribution in [0, 0.1) is 0 Å². The zero-order valence-corrected chi connectivity index (χ0v) is 12.8. The Morgan fingerprint density at radius 1 is 0.739 bits per heavy atom. The maximum Gasteiger partial charge on any atom is 0.120 e. The molecule has 0 amide bonds. The zero-order valence-electron chi connectivity index (χ0n) is 12.8. The Bertz CT molecular complexity index is 611. The number of phenols is 2. The molecule has 0 aliphatic heterocycles. The van der Waals surface area contributed by atoms with E-state index in [-0.39, 0.29) is 11.5 Å².